The van der Waals surface area contributed by atoms with Gasteiger partial charge in [-0.3, -0.25) is 4.90 Å². The predicted octanol–water partition coefficient (Wildman–Crippen LogP) is 3.13. The summed E-state index contributed by atoms with van der Waals surface area (Å²) in [4.78, 5) is 16.1. The molecule has 0 saturated heterocycles. The molecule has 3 aromatic rings. The first-order valence-corrected chi connectivity index (χ1v) is 9.17. The van der Waals surface area contributed by atoms with E-state index in [1.807, 2.05) is 24.4 Å². The summed E-state index contributed by atoms with van der Waals surface area (Å²) in [6.45, 7) is 5.94. The van der Waals surface area contributed by atoms with Gasteiger partial charge in [-0.25, -0.2) is 9.97 Å². The summed E-state index contributed by atoms with van der Waals surface area (Å²) >= 11 is 0. The van der Waals surface area contributed by atoms with Crippen LogP contribution in [0.3, 0.4) is 0 Å². The van der Waals surface area contributed by atoms with Gasteiger partial charge >= 0.3 is 0 Å². The van der Waals surface area contributed by atoms with Gasteiger partial charge in [-0.05, 0) is 24.5 Å². The average molecular weight is 349 g/mol. The van der Waals surface area contributed by atoms with Crippen LogP contribution in [0.4, 0.5) is 0 Å². The molecule has 2 aromatic heterocycles. The largest absolute Gasteiger partial charge is 0.338 e. The van der Waals surface area contributed by atoms with E-state index in [4.69, 9.17) is 9.51 Å². The van der Waals surface area contributed by atoms with Gasteiger partial charge in [0.2, 0.25) is 5.89 Å². The third kappa shape index (κ3) is 3.51. The molecule has 1 atom stereocenters. The van der Waals surface area contributed by atoms with Crippen molar-refractivity contribution in [2.45, 2.75) is 45.7 Å². The van der Waals surface area contributed by atoms with Crippen LogP contribution in [0.1, 0.15) is 54.2 Å². The summed E-state index contributed by atoms with van der Waals surface area (Å²) in [5.41, 5.74) is 3.56. The number of aryl methyl sites for hydroxylation is 1. The zero-order valence-electron chi connectivity index (χ0n) is 15.2. The summed E-state index contributed by atoms with van der Waals surface area (Å²) in [5, 5.41) is 4.16. The maximum Gasteiger partial charge on any atom is 0.243 e. The van der Waals surface area contributed by atoms with E-state index < -0.39 is 0 Å². The van der Waals surface area contributed by atoms with Gasteiger partial charge in [-0.15, -0.1) is 0 Å². The Morgan fingerprint density at radius 1 is 1.15 bits per heavy atom. The molecule has 4 rings (SSSR count). The third-order valence-corrected chi connectivity index (χ3v) is 4.94. The van der Waals surface area contributed by atoms with E-state index in [0.29, 0.717) is 12.3 Å². The van der Waals surface area contributed by atoms with Crippen molar-refractivity contribution in [1.82, 2.24) is 25.0 Å². The second-order valence-corrected chi connectivity index (χ2v) is 6.72. The molecule has 0 amide bonds. The van der Waals surface area contributed by atoms with Gasteiger partial charge < -0.3 is 4.52 Å². The molecule has 26 heavy (non-hydrogen) atoms. The fraction of sp³-hybridized carbons (Fsp3) is 0.400. The summed E-state index contributed by atoms with van der Waals surface area (Å²) in [7, 11) is 0. The zero-order chi connectivity index (χ0) is 17.9. The first-order chi connectivity index (χ1) is 12.7. The van der Waals surface area contributed by atoms with Gasteiger partial charge in [0.1, 0.15) is 5.82 Å². The Morgan fingerprint density at radius 3 is 2.81 bits per heavy atom. The fourth-order valence-corrected chi connectivity index (χ4v) is 3.31. The smallest absolute Gasteiger partial charge is 0.243 e. The topological polar surface area (TPSA) is 67.9 Å². The highest BCUT2D eigenvalue weighted by molar-refractivity contribution is 5.21. The van der Waals surface area contributed by atoms with Crippen LogP contribution in [-0.4, -0.2) is 31.6 Å². The lowest BCUT2D eigenvalue weighted by Crippen LogP contribution is -2.34. The zero-order valence-corrected chi connectivity index (χ0v) is 15.2. The van der Waals surface area contributed by atoms with E-state index >= 15 is 0 Å². The minimum Gasteiger partial charge on any atom is -0.338 e. The number of aromatic nitrogens is 4. The third-order valence-electron chi connectivity index (χ3n) is 4.94. The van der Waals surface area contributed by atoms with Crippen LogP contribution in [0, 0.1) is 0 Å². The minimum absolute atomic E-state index is 0.0696. The molecule has 6 nitrogen and oxygen atoms in total. The van der Waals surface area contributed by atoms with E-state index in [2.05, 4.69) is 46.0 Å². The Bertz CT molecular complexity index is 877. The molecule has 0 spiro atoms. The van der Waals surface area contributed by atoms with Gasteiger partial charge in [-0.2, -0.15) is 4.98 Å². The van der Waals surface area contributed by atoms with Crippen molar-refractivity contribution < 1.29 is 4.52 Å². The lowest BCUT2D eigenvalue weighted by molar-refractivity contribution is 0.155. The van der Waals surface area contributed by atoms with Crippen molar-refractivity contribution in [1.29, 1.82) is 0 Å². The van der Waals surface area contributed by atoms with Crippen LogP contribution in [-0.2, 0) is 25.8 Å². The summed E-state index contributed by atoms with van der Waals surface area (Å²) < 4.78 is 5.55. The van der Waals surface area contributed by atoms with Crippen LogP contribution in [0.5, 0.6) is 0 Å². The standard InChI is InChI=1S/C20H23N5O/c1-3-18-21-12-16-9-10-25(13-17(16)22-18)14(2)20-23-19(24-26-20)11-15-7-5-4-6-8-15/h4-8,12,14H,3,9-11,13H2,1-2H3. The van der Waals surface area contributed by atoms with Gasteiger partial charge in [0, 0.05) is 32.1 Å². The molecule has 134 valence electrons. The molecular weight excluding hydrogens is 326 g/mol. The molecule has 0 aliphatic carbocycles. The van der Waals surface area contributed by atoms with E-state index in [1.165, 1.54) is 11.1 Å². The van der Waals surface area contributed by atoms with Crippen LogP contribution in [0.15, 0.2) is 41.1 Å². The molecule has 1 aliphatic heterocycles. The first-order valence-electron chi connectivity index (χ1n) is 9.17. The van der Waals surface area contributed by atoms with Crippen molar-refractivity contribution in [3.05, 3.63) is 70.9 Å². The molecule has 3 heterocycles. The normalized spacial score (nSPS) is 15.6. The van der Waals surface area contributed by atoms with E-state index in [1.54, 1.807) is 0 Å². The van der Waals surface area contributed by atoms with Crippen molar-refractivity contribution in [3.63, 3.8) is 0 Å². The molecule has 0 radical (unpaired) electrons. The minimum atomic E-state index is 0.0696. The Hall–Kier alpha value is -2.60. The highest BCUT2D eigenvalue weighted by Crippen LogP contribution is 2.26. The summed E-state index contributed by atoms with van der Waals surface area (Å²) in [6.07, 6.45) is 4.48. The van der Waals surface area contributed by atoms with Crippen LogP contribution in [0.2, 0.25) is 0 Å². The molecule has 0 saturated carbocycles. The SMILES string of the molecule is CCc1ncc2c(n1)CN(C(C)c1nc(Cc3ccccc3)no1)CC2. The second kappa shape index (κ2) is 7.33. The highest BCUT2D eigenvalue weighted by Gasteiger charge is 2.26. The maximum absolute atomic E-state index is 5.55. The molecule has 1 aliphatic rings. The summed E-state index contributed by atoms with van der Waals surface area (Å²) in [5.74, 6) is 2.30. The number of rotatable bonds is 5. The van der Waals surface area contributed by atoms with Crippen molar-refractivity contribution >= 4 is 0 Å². The number of benzene rings is 1. The Morgan fingerprint density at radius 2 is 2.00 bits per heavy atom. The number of hydrogen-bond acceptors (Lipinski definition) is 6. The first kappa shape index (κ1) is 16.8. The van der Waals surface area contributed by atoms with E-state index in [-0.39, 0.29) is 6.04 Å². The predicted molar refractivity (Wildman–Crippen MR) is 97.5 cm³/mol. The second-order valence-electron chi connectivity index (χ2n) is 6.72. The highest BCUT2D eigenvalue weighted by atomic mass is 16.5. The fourth-order valence-electron chi connectivity index (χ4n) is 3.31. The van der Waals surface area contributed by atoms with Crippen LogP contribution >= 0.6 is 0 Å². The van der Waals surface area contributed by atoms with Crippen LogP contribution in [0.25, 0.3) is 0 Å². The molecule has 0 bridgehead atoms. The van der Waals surface area contributed by atoms with E-state index in [0.717, 1.165) is 43.3 Å². The Kier molecular flexibility index (Phi) is 4.75. The van der Waals surface area contributed by atoms with Gasteiger partial charge in [0.15, 0.2) is 5.82 Å². The summed E-state index contributed by atoms with van der Waals surface area (Å²) in [6, 6.07) is 10.3. The van der Waals surface area contributed by atoms with Gasteiger partial charge in [-0.1, -0.05) is 42.4 Å². The average Bonchev–Trinajstić information content (AvgIpc) is 3.15. The molecule has 1 unspecified atom stereocenters. The molecule has 0 fully saturated rings. The van der Waals surface area contributed by atoms with Crippen LogP contribution < -0.4 is 0 Å². The Labute approximate surface area is 153 Å². The monoisotopic (exact) mass is 349 g/mol. The Balaban J connectivity index is 1.47. The van der Waals surface area contributed by atoms with Gasteiger partial charge in [0.25, 0.3) is 0 Å². The lowest BCUT2D eigenvalue weighted by Gasteiger charge is -2.31. The quantitative estimate of drug-likeness (QED) is 0.705. The van der Waals surface area contributed by atoms with Crippen molar-refractivity contribution in [2.24, 2.45) is 0 Å². The maximum atomic E-state index is 5.55. The number of nitrogens with zero attached hydrogens (tertiary/aromatic N) is 5. The van der Waals surface area contributed by atoms with Gasteiger partial charge in [0.05, 0.1) is 11.7 Å². The van der Waals surface area contributed by atoms with Crippen molar-refractivity contribution in [2.75, 3.05) is 6.54 Å². The van der Waals surface area contributed by atoms with E-state index in [9.17, 15) is 0 Å². The number of hydrogen-bond donors (Lipinski definition) is 0. The molecule has 6 heteroatoms. The lowest BCUT2D eigenvalue weighted by atomic mass is 10.0. The number of fused-ring (bicyclic) bond motifs is 1. The molecular formula is C20H23N5O. The molecule has 0 N–H and O–H groups in total. The van der Waals surface area contributed by atoms with Crippen molar-refractivity contribution in [3.8, 4) is 0 Å². The molecule has 1 aromatic carbocycles.